The molecule has 176 valence electrons. The maximum Gasteiger partial charge on any atom is 0.260 e. The fraction of sp³-hybridized carbons (Fsp3) is 0. The van der Waals surface area contributed by atoms with Gasteiger partial charge >= 0.3 is 0 Å². The largest absolute Gasteiger partial charge is 0.457 e. The van der Waals surface area contributed by atoms with Crippen molar-refractivity contribution in [2.45, 2.75) is 0 Å². The Bertz CT molecular complexity index is 1440. The van der Waals surface area contributed by atoms with E-state index in [-0.39, 0.29) is 11.0 Å². The Balaban J connectivity index is 1.34. The third-order valence-electron chi connectivity index (χ3n) is 5.21. The van der Waals surface area contributed by atoms with Crippen molar-refractivity contribution in [2.75, 3.05) is 4.90 Å². The number of anilines is 1. The maximum absolute atomic E-state index is 12.7. The third-order valence-corrected chi connectivity index (χ3v) is 5.90. The van der Waals surface area contributed by atoms with E-state index in [2.05, 4.69) is 10.3 Å². The van der Waals surface area contributed by atoms with Gasteiger partial charge in [-0.1, -0.05) is 48.6 Å². The highest BCUT2D eigenvalue weighted by atomic mass is 32.1. The Morgan fingerprint density at radius 3 is 1.97 bits per heavy atom. The molecule has 3 aromatic carbocycles. The van der Waals surface area contributed by atoms with E-state index in [1.54, 1.807) is 29.3 Å². The summed E-state index contributed by atoms with van der Waals surface area (Å²) in [5.74, 6) is 2.17. The van der Waals surface area contributed by atoms with Gasteiger partial charge in [0.2, 0.25) is 5.88 Å². The van der Waals surface area contributed by atoms with Crippen LogP contribution in [0.15, 0.2) is 109 Å². The van der Waals surface area contributed by atoms with E-state index in [9.17, 15) is 4.79 Å². The Hall–Kier alpha value is -4.40. The molecule has 0 spiro atoms. The van der Waals surface area contributed by atoms with Crippen molar-refractivity contribution in [3.8, 4) is 23.1 Å². The van der Waals surface area contributed by atoms with Gasteiger partial charge in [0.15, 0.2) is 5.11 Å². The SMILES string of the molecule is O=C1NC(=S)N(c2ccc(Oc3ccccc3)cc2)C(=S)/C1=C/c1ccc(Oc2ccccc2)nc1. The number of benzene rings is 3. The molecule has 0 saturated carbocycles. The number of rotatable bonds is 6. The average Bonchev–Trinajstić information content (AvgIpc) is 2.90. The number of hydrogen-bond acceptors (Lipinski definition) is 6. The topological polar surface area (TPSA) is 63.7 Å². The molecule has 8 heteroatoms. The van der Waals surface area contributed by atoms with Crippen LogP contribution in [0.4, 0.5) is 5.69 Å². The number of carbonyl (C=O) groups is 1. The zero-order valence-electron chi connectivity index (χ0n) is 18.8. The van der Waals surface area contributed by atoms with Gasteiger partial charge in [-0.3, -0.25) is 15.0 Å². The maximum atomic E-state index is 12.7. The second kappa shape index (κ2) is 10.5. The van der Waals surface area contributed by atoms with Crippen molar-refractivity contribution in [2.24, 2.45) is 0 Å². The van der Waals surface area contributed by atoms with Crippen LogP contribution in [-0.4, -0.2) is 21.0 Å². The number of amides is 1. The molecule has 2 heterocycles. The Morgan fingerprint density at radius 1 is 0.750 bits per heavy atom. The predicted molar refractivity (Wildman–Crippen MR) is 148 cm³/mol. The minimum Gasteiger partial charge on any atom is -0.457 e. The fourth-order valence-corrected chi connectivity index (χ4v) is 4.19. The number of pyridine rings is 1. The molecule has 0 atom stereocenters. The lowest BCUT2D eigenvalue weighted by Crippen LogP contribution is -2.53. The van der Waals surface area contributed by atoms with E-state index in [1.165, 1.54) is 0 Å². The molecule has 1 amide bonds. The molecule has 0 aliphatic carbocycles. The molecule has 0 unspecified atom stereocenters. The molecule has 5 rings (SSSR count). The third kappa shape index (κ3) is 5.30. The molecule has 1 aromatic heterocycles. The average molecular weight is 510 g/mol. The summed E-state index contributed by atoms with van der Waals surface area (Å²) in [6, 6.07) is 29.7. The van der Waals surface area contributed by atoms with Crippen LogP contribution in [0, 0.1) is 0 Å². The van der Waals surface area contributed by atoms with E-state index in [4.69, 9.17) is 33.9 Å². The smallest absolute Gasteiger partial charge is 0.260 e. The summed E-state index contributed by atoms with van der Waals surface area (Å²) in [4.78, 5) is 19.0. The molecular formula is C28H19N3O3S2. The first-order chi connectivity index (χ1) is 17.6. The van der Waals surface area contributed by atoms with E-state index in [0.29, 0.717) is 39.2 Å². The molecule has 1 aliphatic rings. The molecule has 1 N–H and O–H groups in total. The van der Waals surface area contributed by atoms with E-state index in [0.717, 1.165) is 5.75 Å². The second-order valence-corrected chi connectivity index (χ2v) is 8.49. The number of hydrogen-bond donors (Lipinski definition) is 1. The molecule has 1 saturated heterocycles. The van der Waals surface area contributed by atoms with Gasteiger partial charge in [-0.15, -0.1) is 0 Å². The van der Waals surface area contributed by atoms with E-state index in [1.807, 2.05) is 84.9 Å². The highest BCUT2D eigenvalue weighted by molar-refractivity contribution is 7.83. The predicted octanol–water partition coefficient (Wildman–Crippen LogP) is 6.30. The standard InChI is InChI=1S/C28H19N3O3S2/c32-26-24(17-19-11-16-25(29-18-19)34-22-9-5-2-6-10-22)27(35)31(28(36)30-26)20-12-14-23(15-13-20)33-21-7-3-1-4-8-21/h1-18H,(H,30,32,36)/b24-17+. The number of carbonyl (C=O) groups excluding carboxylic acids is 1. The molecule has 36 heavy (non-hydrogen) atoms. The van der Waals surface area contributed by atoms with Crippen LogP contribution >= 0.6 is 24.4 Å². The van der Waals surface area contributed by atoms with Crippen LogP contribution in [0.1, 0.15) is 5.56 Å². The van der Waals surface area contributed by atoms with E-state index < -0.39 is 0 Å². The summed E-state index contributed by atoms with van der Waals surface area (Å²) in [6.45, 7) is 0. The summed E-state index contributed by atoms with van der Waals surface area (Å²) in [5.41, 5.74) is 1.71. The Labute approximate surface area is 218 Å². The van der Waals surface area contributed by atoms with Crippen LogP contribution in [0.3, 0.4) is 0 Å². The first kappa shape index (κ1) is 23.3. The molecule has 1 aliphatic heterocycles. The number of para-hydroxylation sites is 2. The zero-order chi connectivity index (χ0) is 24.9. The van der Waals surface area contributed by atoms with Crippen LogP contribution in [0.5, 0.6) is 23.1 Å². The minimum atomic E-state index is -0.366. The van der Waals surface area contributed by atoms with Crippen molar-refractivity contribution in [3.05, 3.63) is 114 Å². The second-order valence-electron chi connectivity index (χ2n) is 7.71. The number of ether oxygens (including phenoxy) is 2. The molecule has 4 aromatic rings. The number of nitrogens with one attached hydrogen (secondary N) is 1. The lowest BCUT2D eigenvalue weighted by Gasteiger charge is -2.31. The summed E-state index contributed by atoms with van der Waals surface area (Å²) in [6.07, 6.45) is 3.30. The monoisotopic (exact) mass is 509 g/mol. The van der Waals surface area contributed by atoms with Gasteiger partial charge in [0.25, 0.3) is 5.91 Å². The van der Waals surface area contributed by atoms with Gasteiger partial charge < -0.3 is 9.47 Å². The molecule has 1 fully saturated rings. The molecule has 0 bridgehead atoms. The minimum absolute atomic E-state index is 0.212. The van der Waals surface area contributed by atoms with Crippen molar-refractivity contribution < 1.29 is 14.3 Å². The summed E-state index contributed by atoms with van der Waals surface area (Å²) in [7, 11) is 0. The summed E-state index contributed by atoms with van der Waals surface area (Å²) < 4.78 is 11.6. The van der Waals surface area contributed by atoms with Gasteiger partial charge in [-0.05, 0) is 78.5 Å². The van der Waals surface area contributed by atoms with Gasteiger partial charge in [0.1, 0.15) is 22.2 Å². The van der Waals surface area contributed by atoms with Crippen molar-refractivity contribution in [3.63, 3.8) is 0 Å². The van der Waals surface area contributed by atoms with Gasteiger partial charge in [0, 0.05) is 18.0 Å². The van der Waals surface area contributed by atoms with Crippen molar-refractivity contribution in [1.29, 1.82) is 0 Å². The van der Waals surface area contributed by atoms with Gasteiger partial charge in [-0.25, -0.2) is 4.98 Å². The first-order valence-electron chi connectivity index (χ1n) is 11.0. The van der Waals surface area contributed by atoms with Crippen molar-refractivity contribution >= 4 is 52.2 Å². The molecule has 0 radical (unpaired) electrons. The number of aromatic nitrogens is 1. The quantitative estimate of drug-likeness (QED) is 0.242. The summed E-state index contributed by atoms with van der Waals surface area (Å²) >= 11 is 11.1. The van der Waals surface area contributed by atoms with E-state index >= 15 is 0 Å². The van der Waals surface area contributed by atoms with Crippen LogP contribution < -0.4 is 19.7 Å². The highest BCUT2D eigenvalue weighted by Gasteiger charge is 2.31. The number of nitrogens with zero attached hydrogens (tertiary/aromatic N) is 2. The normalized spacial score (nSPS) is 14.5. The molecular weight excluding hydrogens is 490 g/mol. The van der Waals surface area contributed by atoms with Crippen LogP contribution in [0.2, 0.25) is 0 Å². The van der Waals surface area contributed by atoms with Crippen LogP contribution in [0.25, 0.3) is 6.08 Å². The van der Waals surface area contributed by atoms with Gasteiger partial charge in [-0.2, -0.15) is 0 Å². The lowest BCUT2D eigenvalue weighted by molar-refractivity contribution is -0.115. The van der Waals surface area contributed by atoms with Gasteiger partial charge in [0.05, 0.1) is 5.57 Å². The van der Waals surface area contributed by atoms with Crippen molar-refractivity contribution in [1.82, 2.24) is 10.3 Å². The lowest BCUT2D eigenvalue weighted by atomic mass is 10.1. The fourth-order valence-electron chi connectivity index (χ4n) is 3.49. The molecule has 6 nitrogen and oxygen atoms in total. The Morgan fingerprint density at radius 2 is 1.36 bits per heavy atom. The highest BCUT2D eigenvalue weighted by Crippen LogP contribution is 2.28. The zero-order valence-corrected chi connectivity index (χ0v) is 20.5. The summed E-state index contributed by atoms with van der Waals surface area (Å²) in [5, 5.41) is 2.93. The Kier molecular flexibility index (Phi) is 6.79. The number of thiocarbonyl (C=S) groups is 2. The van der Waals surface area contributed by atoms with Crippen LogP contribution in [-0.2, 0) is 4.79 Å². The first-order valence-corrected chi connectivity index (χ1v) is 11.8.